The summed E-state index contributed by atoms with van der Waals surface area (Å²) in [5.41, 5.74) is 0. The van der Waals surface area contributed by atoms with Gasteiger partial charge in [-0.05, 0) is 25.7 Å². The first-order valence-corrected chi connectivity index (χ1v) is 7.97. The molecule has 2 fully saturated rings. The van der Waals surface area contributed by atoms with Gasteiger partial charge in [-0.2, -0.15) is 4.98 Å². The second-order valence-electron chi connectivity index (χ2n) is 6.48. The number of hydrogen-bond donors (Lipinski definition) is 0. The average Bonchev–Trinajstić information content (AvgIpc) is 3.23. The van der Waals surface area contributed by atoms with Gasteiger partial charge >= 0.3 is 0 Å². The standard InChI is InChI=1S/C15H26N4O2/c1-11-8-18(6-7-19(9-11)13-4-5-13)12(2)15-16-14(10-20-3)17-21-15/h11-13H,4-10H2,1-3H3. The van der Waals surface area contributed by atoms with Crippen LogP contribution in [0.2, 0.25) is 0 Å². The summed E-state index contributed by atoms with van der Waals surface area (Å²) in [5, 5.41) is 3.97. The van der Waals surface area contributed by atoms with Crippen LogP contribution in [0.15, 0.2) is 4.52 Å². The molecule has 0 radical (unpaired) electrons. The maximum atomic E-state index is 5.40. The second kappa shape index (κ2) is 6.42. The maximum Gasteiger partial charge on any atom is 0.243 e. The molecule has 3 rings (SSSR count). The SMILES string of the molecule is COCc1noc(C(C)N2CCN(C3CC3)CC(C)C2)n1. The Hall–Kier alpha value is -0.980. The second-order valence-corrected chi connectivity index (χ2v) is 6.48. The largest absolute Gasteiger partial charge is 0.377 e. The summed E-state index contributed by atoms with van der Waals surface area (Å²) in [4.78, 5) is 9.56. The quantitative estimate of drug-likeness (QED) is 0.824. The van der Waals surface area contributed by atoms with E-state index in [1.807, 2.05) is 0 Å². The van der Waals surface area contributed by atoms with Gasteiger partial charge in [0.15, 0.2) is 5.82 Å². The van der Waals surface area contributed by atoms with Crippen LogP contribution in [0.4, 0.5) is 0 Å². The van der Waals surface area contributed by atoms with Crippen LogP contribution in [0.5, 0.6) is 0 Å². The van der Waals surface area contributed by atoms with Crippen LogP contribution in [0.1, 0.15) is 44.4 Å². The van der Waals surface area contributed by atoms with Gasteiger partial charge < -0.3 is 9.26 Å². The van der Waals surface area contributed by atoms with Crippen molar-refractivity contribution < 1.29 is 9.26 Å². The maximum absolute atomic E-state index is 5.40. The van der Waals surface area contributed by atoms with E-state index < -0.39 is 0 Å². The zero-order chi connectivity index (χ0) is 14.8. The van der Waals surface area contributed by atoms with Gasteiger partial charge in [0, 0.05) is 39.3 Å². The molecule has 118 valence electrons. The summed E-state index contributed by atoms with van der Waals surface area (Å²) >= 11 is 0. The number of hydrogen-bond acceptors (Lipinski definition) is 6. The van der Waals surface area contributed by atoms with Crippen molar-refractivity contribution >= 4 is 0 Å². The molecule has 0 bridgehead atoms. The van der Waals surface area contributed by atoms with Gasteiger partial charge in [-0.3, -0.25) is 9.80 Å². The van der Waals surface area contributed by atoms with E-state index in [1.165, 1.54) is 19.4 Å². The number of ether oxygens (including phenoxy) is 1. The topological polar surface area (TPSA) is 54.6 Å². The summed E-state index contributed by atoms with van der Waals surface area (Å²) in [6, 6.07) is 1.02. The van der Waals surface area contributed by atoms with Gasteiger partial charge in [-0.25, -0.2) is 0 Å². The molecule has 6 nitrogen and oxygen atoms in total. The lowest BCUT2D eigenvalue weighted by molar-refractivity contribution is 0.164. The van der Waals surface area contributed by atoms with E-state index in [2.05, 4.69) is 33.8 Å². The molecule has 0 aromatic carbocycles. The minimum absolute atomic E-state index is 0.171. The van der Waals surface area contributed by atoms with Gasteiger partial charge in [0.25, 0.3) is 0 Å². The van der Waals surface area contributed by atoms with Gasteiger partial charge in [0.2, 0.25) is 5.89 Å². The highest BCUT2D eigenvalue weighted by Crippen LogP contribution is 2.30. The average molecular weight is 294 g/mol. The Kier molecular flexibility index (Phi) is 4.57. The van der Waals surface area contributed by atoms with Crippen LogP contribution in [-0.2, 0) is 11.3 Å². The summed E-state index contributed by atoms with van der Waals surface area (Å²) in [5.74, 6) is 2.01. The lowest BCUT2D eigenvalue weighted by Crippen LogP contribution is -2.33. The predicted molar refractivity (Wildman–Crippen MR) is 78.8 cm³/mol. The van der Waals surface area contributed by atoms with Gasteiger partial charge in [-0.15, -0.1) is 0 Å². The van der Waals surface area contributed by atoms with E-state index in [0.717, 1.165) is 25.7 Å². The van der Waals surface area contributed by atoms with Crippen molar-refractivity contribution in [1.29, 1.82) is 0 Å². The molecule has 1 saturated carbocycles. The zero-order valence-corrected chi connectivity index (χ0v) is 13.3. The molecule has 2 heterocycles. The van der Waals surface area contributed by atoms with E-state index in [1.54, 1.807) is 7.11 Å². The Labute approximate surface area is 126 Å². The summed E-state index contributed by atoms with van der Waals surface area (Å²) in [6.45, 7) is 9.43. The fourth-order valence-corrected chi connectivity index (χ4v) is 3.20. The molecule has 21 heavy (non-hydrogen) atoms. The molecular weight excluding hydrogens is 268 g/mol. The highest BCUT2D eigenvalue weighted by Gasteiger charge is 2.33. The molecule has 0 N–H and O–H groups in total. The normalized spacial score (nSPS) is 26.7. The molecule has 0 amide bonds. The first-order chi connectivity index (χ1) is 10.2. The van der Waals surface area contributed by atoms with Crippen molar-refractivity contribution in [3.8, 4) is 0 Å². The number of rotatable bonds is 5. The van der Waals surface area contributed by atoms with Gasteiger partial charge in [0.05, 0.1) is 6.04 Å². The van der Waals surface area contributed by atoms with Crippen molar-refractivity contribution in [1.82, 2.24) is 19.9 Å². The summed E-state index contributed by atoms with van der Waals surface area (Å²) < 4.78 is 10.4. The number of aromatic nitrogens is 2. The monoisotopic (exact) mass is 294 g/mol. The van der Waals surface area contributed by atoms with Crippen LogP contribution in [0.25, 0.3) is 0 Å². The zero-order valence-electron chi connectivity index (χ0n) is 13.3. The molecule has 1 aliphatic heterocycles. The van der Waals surface area contributed by atoms with E-state index in [9.17, 15) is 0 Å². The molecule has 1 aromatic heterocycles. The fourth-order valence-electron chi connectivity index (χ4n) is 3.20. The molecule has 1 saturated heterocycles. The van der Waals surface area contributed by atoms with E-state index in [-0.39, 0.29) is 6.04 Å². The molecule has 2 aliphatic rings. The molecule has 1 aromatic rings. The van der Waals surface area contributed by atoms with Crippen molar-refractivity contribution in [3.05, 3.63) is 11.7 Å². The lowest BCUT2D eigenvalue weighted by atomic mass is 10.1. The minimum atomic E-state index is 0.171. The number of nitrogens with zero attached hydrogens (tertiary/aromatic N) is 4. The van der Waals surface area contributed by atoms with E-state index >= 15 is 0 Å². The van der Waals surface area contributed by atoms with E-state index in [4.69, 9.17) is 9.26 Å². The van der Waals surface area contributed by atoms with E-state index in [0.29, 0.717) is 24.2 Å². The lowest BCUT2D eigenvalue weighted by Gasteiger charge is -2.26. The molecule has 2 unspecified atom stereocenters. The summed E-state index contributed by atoms with van der Waals surface area (Å²) in [6.07, 6.45) is 2.76. The Balaban J connectivity index is 1.63. The molecule has 0 spiro atoms. The van der Waals surface area contributed by atoms with Crippen LogP contribution in [0, 0.1) is 5.92 Å². The highest BCUT2D eigenvalue weighted by atomic mass is 16.5. The van der Waals surface area contributed by atoms with Crippen LogP contribution in [-0.4, -0.2) is 59.3 Å². The van der Waals surface area contributed by atoms with Crippen molar-refractivity contribution in [2.45, 2.75) is 45.4 Å². The first kappa shape index (κ1) is 14.9. The highest BCUT2D eigenvalue weighted by molar-refractivity contribution is 4.94. The third-order valence-electron chi connectivity index (χ3n) is 4.49. The van der Waals surface area contributed by atoms with Crippen molar-refractivity contribution in [2.24, 2.45) is 5.92 Å². The molecular formula is C15H26N4O2. The molecule has 2 atom stereocenters. The Morgan fingerprint density at radius 2 is 2.14 bits per heavy atom. The Morgan fingerprint density at radius 1 is 1.33 bits per heavy atom. The van der Waals surface area contributed by atoms with Crippen LogP contribution < -0.4 is 0 Å². The van der Waals surface area contributed by atoms with Crippen LogP contribution >= 0.6 is 0 Å². The fraction of sp³-hybridized carbons (Fsp3) is 0.867. The molecule has 6 heteroatoms. The van der Waals surface area contributed by atoms with Gasteiger partial charge in [0.1, 0.15) is 6.61 Å². The number of methoxy groups -OCH3 is 1. The van der Waals surface area contributed by atoms with Gasteiger partial charge in [-0.1, -0.05) is 12.1 Å². The third-order valence-corrected chi connectivity index (χ3v) is 4.49. The van der Waals surface area contributed by atoms with Crippen LogP contribution in [0.3, 0.4) is 0 Å². The predicted octanol–water partition coefficient (Wildman–Crippen LogP) is 1.69. The van der Waals surface area contributed by atoms with Crippen molar-refractivity contribution in [2.75, 3.05) is 33.3 Å². The first-order valence-electron chi connectivity index (χ1n) is 7.97. The van der Waals surface area contributed by atoms with Crippen molar-refractivity contribution in [3.63, 3.8) is 0 Å². The third kappa shape index (κ3) is 3.62. The Bertz CT molecular complexity index is 460. The smallest absolute Gasteiger partial charge is 0.243 e. The molecule has 1 aliphatic carbocycles. The minimum Gasteiger partial charge on any atom is -0.377 e. The Morgan fingerprint density at radius 3 is 2.86 bits per heavy atom. The summed E-state index contributed by atoms with van der Waals surface area (Å²) in [7, 11) is 1.64.